The van der Waals surface area contributed by atoms with Crippen LogP contribution in [0.4, 0.5) is 0 Å². The van der Waals surface area contributed by atoms with E-state index >= 15 is 0 Å². The summed E-state index contributed by atoms with van der Waals surface area (Å²) in [6.45, 7) is 6.51. The van der Waals surface area contributed by atoms with Crippen molar-refractivity contribution in [2.45, 2.75) is 26.8 Å². The second kappa shape index (κ2) is 5.52. The zero-order valence-electron chi connectivity index (χ0n) is 10.2. The van der Waals surface area contributed by atoms with Gasteiger partial charge in [0.2, 0.25) is 0 Å². The van der Waals surface area contributed by atoms with Crippen molar-refractivity contribution in [2.24, 2.45) is 0 Å². The van der Waals surface area contributed by atoms with Gasteiger partial charge in [-0.05, 0) is 38.5 Å². The molecule has 0 atom stereocenters. The molecule has 0 bridgehead atoms. The summed E-state index contributed by atoms with van der Waals surface area (Å²) in [6, 6.07) is 5.81. The number of hydrogen-bond acceptors (Lipinski definition) is 2. The van der Waals surface area contributed by atoms with E-state index < -0.39 is 0 Å². The van der Waals surface area contributed by atoms with Crippen LogP contribution in [0.3, 0.4) is 0 Å². The molecule has 1 heterocycles. The van der Waals surface area contributed by atoms with E-state index in [1.54, 1.807) is 0 Å². The molecular formula is C13H17ClN2O. The van der Waals surface area contributed by atoms with Crippen molar-refractivity contribution in [1.82, 2.24) is 9.55 Å². The van der Waals surface area contributed by atoms with Crippen LogP contribution in [0.1, 0.15) is 19.2 Å². The summed E-state index contributed by atoms with van der Waals surface area (Å²) in [6.07, 6.45) is 0.993. The molecule has 0 amide bonds. The Morgan fingerprint density at radius 2 is 2.24 bits per heavy atom. The molecule has 0 aliphatic carbocycles. The van der Waals surface area contributed by atoms with Crippen molar-refractivity contribution in [3.8, 4) is 0 Å². The number of halogens is 1. The molecule has 0 N–H and O–H groups in total. The largest absolute Gasteiger partial charge is 0.382 e. The topological polar surface area (TPSA) is 27.1 Å². The van der Waals surface area contributed by atoms with Gasteiger partial charge in [0.15, 0.2) is 0 Å². The highest BCUT2D eigenvalue weighted by molar-refractivity contribution is 6.31. The van der Waals surface area contributed by atoms with E-state index in [4.69, 9.17) is 16.3 Å². The fraction of sp³-hybridized carbons (Fsp3) is 0.462. The maximum absolute atomic E-state index is 6.02. The number of aryl methyl sites for hydroxylation is 2. The third-order valence-corrected chi connectivity index (χ3v) is 3.01. The maximum atomic E-state index is 6.02. The fourth-order valence-electron chi connectivity index (χ4n) is 1.97. The van der Waals surface area contributed by atoms with Crippen LogP contribution < -0.4 is 0 Å². The summed E-state index contributed by atoms with van der Waals surface area (Å²) >= 11 is 6.02. The van der Waals surface area contributed by atoms with Crippen molar-refractivity contribution in [3.05, 3.63) is 29.0 Å². The fourth-order valence-corrected chi connectivity index (χ4v) is 2.13. The zero-order valence-corrected chi connectivity index (χ0v) is 11.0. The van der Waals surface area contributed by atoms with E-state index in [-0.39, 0.29) is 0 Å². The van der Waals surface area contributed by atoms with Gasteiger partial charge >= 0.3 is 0 Å². The number of aromatic nitrogens is 2. The van der Waals surface area contributed by atoms with Crippen molar-refractivity contribution < 1.29 is 4.74 Å². The van der Waals surface area contributed by atoms with E-state index in [1.807, 2.05) is 32.0 Å². The third kappa shape index (κ3) is 2.79. The van der Waals surface area contributed by atoms with Gasteiger partial charge in [0.1, 0.15) is 5.82 Å². The third-order valence-electron chi connectivity index (χ3n) is 2.78. The molecule has 0 radical (unpaired) electrons. The van der Waals surface area contributed by atoms with Crippen LogP contribution in [0, 0.1) is 6.92 Å². The molecule has 3 nitrogen and oxygen atoms in total. The zero-order chi connectivity index (χ0) is 12.3. The first kappa shape index (κ1) is 12.4. The Balaban J connectivity index is 2.20. The molecule has 0 spiro atoms. The van der Waals surface area contributed by atoms with Gasteiger partial charge in [0, 0.05) is 24.8 Å². The van der Waals surface area contributed by atoms with Crippen LogP contribution in [-0.4, -0.2) is 22.8 Å². The standard InChI is InChI=1S/C13H17ClN2O/c1-3-17-8-4-7-16-10(2)15-12-6-5-11(14)9-13(12)16/h5-6,9H,3-4,7-8H2,1-2H3. The summed E-state index contributed by atoms with van der Waals surface area (Å²) in [5, 5.41) is 0.753. The van der Waals surface area contributed by atoms with Crippen LogP contribution in [0.15, 0.2) is 18.2 Å². The van der Waals surface area contributed by atoms with Crippen LogP contribution >= 0.6 is 11.6 Å². The first-order chi connectivity index (χ1) is 8.22. The molecule has 92 valence electrons. The van der Waals surface area contributed by atoms with Gasteiger partial charge in [-0.2, -0.15) is 0 Å². The van der Waals surface area contributed by atoms with E-state index in [0.29, 0.717) is 0 Å². The van der Waals surface area contributed by atoms with Gasteiger partial charge in [-0.1, -0.05) is 11.6 Å². The summed E-state index contributed by atoms with van der Waals surface area (Å²) in [7, 11) is 0. The normalized spacial score (nSPS) is 11.2. The molecule has 2 aromatic rings. The first-order valence-corrected chi connectivity index (χ1v) is 6.30. The minimum absolute atomic E-state index is 0.753. The Morgan fingerprint density at radius 1 is 1.41 bits per heavy atom. The summed E-state index contributed by atoms with van der Waals surface area (Å²) in [5.41, 5.74) is 2.11. The molecule has 0 aliphatic heterocycles. The second-order valence-electron chi connectivity index (χ2n) is 3.99. The van der Waals surface area contributed by atoms with E-state index in [9.17, 15) is 0 Å². The molecule has 1 aromatic heterocycles. The van der Waals surface area contributed by atoms with Gasteiger partial charge in [0.25, 0.3) is 0 Å². The summed E-state index contributed by atoms with van der Waals surface area (Å²) in [5.74, 6) is 1.03. The molecule has 0 unspecified atom stereocenters. The van der Waals surface area contributed by atoms with Crippen LogP contribution in [0.25, 0.3) is 11.0 Å². The molecule has 4 heteroatoms. The number of fused-ring (bicyclic) bond motifs is 1. The minimum atomic E-state index is 0.753. The van der Waals surface area contributed by atoms with Crippen LogP contribution in [0.5, 0.6) is 0 Å². The number of ether oxygens (including phenoxy) is 1. The number of imidazole rings is 1. The molecule has 17 heavy (non-hydrogen) atoms. The number of nitrogens with zero attached hydrogens (tertiary/aromatic N) is 2. The highest BCUT2D eigenvalue weighted by atomic mass is 35.5. The first-order valence-electron chi connectivity index (χ1n) is 5.92. The molecule has 0 saturated carbocycles. The lowest BCUT2D eigenvalue weighted by molar-refractivity contribution is 0.142. The predicted octanol–water partition coefficient (Wildman–Crippen LogP) is 3.42. The van der Waals surface area contributed by atoms with E-state index in [1.165, 1.54) is 0 Å². The second-order valence-corrected chi connectivity index (χ2v) is 4.43. The average molecular weight is 253 g/mol. The van der Waals surface area contributed by atoms with Crippen molar-refractivity contribution in [1.29, 1.82) is 0 Å². The van der Waals surface area contributed by atoms with Crippen LogP contribution in [-0.2, 0) is 11.3 Å². The smallest absolute Gasteiger partial charge is 0.106 e. The number of hydrogen-bond donors (Lipinski definition) is 0. The number of rotatable bonds is 5. The SMILES string of the molecule is CCOCCCn1c(C)nc2ccc(Cl)cc21. The Kier molecular flexibility index (Phi) is 4.02. The predicted molar refractivity (Wildman–Crippen MR) is 70.6 cm³/mol. The van der Waals surface area contributed by atoms with Gasteiger partial charge in [-0.15, -0.1) is 0 Å². The molecule has 2 rings (SSSR count). The minimum Gasteiger partial charge on any atom is -0.382 e. The maximum Gasteiger partial charge on any atom is 0.106 e. The Labute approximate surface area is 106 Å². The van der Waals surface area contributed by atoms with Crippen molar-refractivity contribution in [3.63, 3.8) is 0 Å². The Hall–Kier alpha value is -1.06. The lowest BCUT2D eigenvalue weighted by atomic mass is 10.3. The van der Waals surface area contributed by atoms with Gasteiger partial charge in [-0.3, -0.25) is 0 Å². The molecule has 0 aliphatic rings. The molecular weight excluding hydrogens is 236 g/mol. The van der Waals surface area contributed by atoms with E-state index in [2.05, 4.69) is 9.55 Å². The van der Waals surface area contributed by atoms with Gasteiger partial charge in [0.05, 0.1) is 11.0 Å². The lowest BCUT2D eigenvalue weighted by Gasteiger charge is -2.06. The summed E-state index contributed by atoms with van der Waals surface area (Å²) < 4.78 is 7.54. The number of benzene rings is 1. The van der Waals surface area contributed by atoms with Gasteiger partial charge in [-0.25, -0.2) is 4.98 Å². The quantitative estimate of drug-likeness (QED) is 0.763. The van der Waals surface area contributed by atoms with Crippen molar-refractivity contribution >= 4 is 22.6 Å². The molecule has 0 fully saturated rings. The monoisotopic (exact) mass is 252 g/mol. The summed E-state index contributed by atoms with van der Waals surface area (Å²) in [4.78, 5) is 4.52. The van der Waals surface area contributed by atoms with E-state index in [0.717, 1.165) is 48.1 Å². The lowest BCUT2D eigenvalue weighted by Crippen LogP contribution is -2.04. The molecule has 1 aromatic carbocycles. The highest BCUT2D eigenvalue weighted by Gasteiger charge is 2.07. The molecule has 0 saturated heterocycles. The Morgan fingerprint density at radius 3 is 3.00 bits per heavy atom. The van der Waals surface area contributed by atoms with Gasteiger partial charge < -0.3 is 9.30 Å². The highest BCUT2D eigenvalue weighted by Crippen LogP contribution is 2.20. The van der Waals surface area contributed by atoms with Crippen molar-refractivity contribution in [2.75, 3.05) is 13.2 Å². The van der Waals surface area contributed by atoms with Crippen LogP contribution in [0.2, 0.25) is 5.02 Å². The average Bonchev–Trinajstić information content (AvgIpc) is 2.61. The Bertz CT molecular complexity index is 507.